The van der Waals surface area contributed by atoms with Gasteiger partial charge in [0.2, 0.25) is 0 Å². The molecule has 0 aromatic heterocycles. The summed E-state index contributed by atoms with van der Waals surface area (Å²) in [5, 5.41) is 3.44. The lowest BCUT2D eigenvalue weighted by Crippen LogP contribution is -2.15. The van der Waals surface area contributed by atoms with Gasteiger partial charge in [0, 0.05) is 10.9 Å². The van der Waals surface area contributed by atoms with Crippen LogP contribution in [0.25, 0.3) is 0 Å². The van der Waals surface area contributed by atoms with Crippen LogP contribution < -0.4 is 10.1 Å². The van der Waals surface area contributed by atoms with E-state index in [-0.39, 0.29) is 0 Å². The van der Waals surface area contributed by atoms with Gasteiger partial charge in [-0.25, -0.2) is 0 Å². The zero-order chi connectivity index (χ0) is 12.8. The number of fused-ring (bicyclic) bond motifs is 1. The average molecular weight is 312 g/mol. The monoisotopic (exact) mass is 311 g/mol. The zero-order valence-electron chi connectivity index (χ0n) is 11.1. The van der Waals surface area contributed by atoms with Crippen LogP contribution in [0.5, 0.6) is 5.75 Å². The van der Waals surface area contributed by atoms with Crippen LogP contribution in [0, 0.1) is 0 Å². The average Bonchev–Trinajstić information content (AvgIpc) is 2.81. The molecule has 1 aliphatic rings. The van der Waals surface area contributed by atoms with Gasteiger partial charge >= 0.3 is 0 Å². The fourth-order valence-corrected chi connectivity index (χ4v) is 2.95. The van der Waals surface area contributed by atoms with Crippen LogP contribution in [0.15, 0.2) is 16.6 Å². The third-order valence-electron chi connectivity index (χ3n) is 3.30. The maximum atomic E-state index is 5.74. The van der Waals surface area contributed by atoms with Gasteiger partial charge in [-0.15, -0.1) is 0 Å². The van der Waals surface area contributed by atoms with Crippen LogP contribution in [0.2, 0.25) is 0 Å². The molecule has 0 spiro atoms. The highest BCUT2D eigenvalue weighted by Crippen LogP contribution is 2.33. The van der Waals surface area contributed by atoms with E-state index in [1.54, 1.807) is 0 Å². The van der Waals surface area contributed by atoms with E-state index in [2.05, 4.69) is 40.3 Å². The van der Waals surface area contributed by atoms with Gasteiger partial charge in [-0.2, -0.15) is 0 Å². The number of halogens is 1. The molecule has 0 radical (unpaired) electrons. The summed E-state index contributed by atoms with van der Waals surface area (Å²) < 4.78 is 6.93. The normalized spacial score (nSPS) is 13.4. The highest BCUT2D eigenvalue weighted by molar-refractivity contribution is 9.10. The Kier molecular flexibility index (Phi) is 5.51. The van der Waals surface area contributed by atoms with E-state index in [9.17, 15) is 0 Å². The molecule has 2 rings (SSSR count). The molecule has 1 aliphatic heterocycles. The van der Waals surface area contributed by atoms with Crippen molar-refractivity contribution in [1.82, 2.24) is 5.32 Å². The maximum Gasteiger partial charge on any atom is 0.125 e. The second kappa shape index (κ2) is 7.15. The number of aryl methyl sites for hydroxylation is 1. The number of nitrogens with one attached hydrogen (secondary N) is 1. The molecule has 0 amide bonds. The topological polar surface area (TPSA) is 21.3 Å². The number of hydrogen-bond acceptors (Lipinski definition) is 2. The first-order chi connectivity index (χ1) is 8.81. The summed E-state index contributed by atoms with van der Waals surface area (Å²) in [5.74, 6) is 1.15. The minimum atomic E-state index is 0.844. The summed E-state index contributed by atoms with van der Waals surface area (Å²) in [6, 6.07) is 4.40. The number of hydrogen-bond donors (Lipinski definition) is 1. The molecule has 0 saturated carbocycles. The first kappa shape index (κ1) is 13.9. The summed E-state index contributed by atoms with van der Waals surface area (Å²) in [4.78, 5) is 0. The zero-order valence-corrected chi connectivity index (χ0v) is 12.7. The Morgan fingerprint density at radius 3 is 3.00 bits per heavy atom. The second-order valence-electron chi connectivity index (χ2n) is 4.86. The van der Waals surface area contributed by atoms with Gasteiger partial charge in [0.15, 0.2) is 0 Å². The van der Waals surface area contributed by atoms with Gasteiger partial charge in [-0.3, -0.25) is 0 Å². The molecule has 1 N–H and O–H groups in total. The summed E-state index contributed by atoms with van der Waals surface area (Å²) >= 11 is 3.59. The van der Waals surface area contributed by atoms with Crippen molar-refractivity contribution >= 4 is 15.9 Å². The number of unbranched alkanes of at least 4 members (excludes halogenated alkanes) is 1. The Morgan fingerprint density at radius 2 is 2.17 bits per heavy atom. The number of ether oxygens (including phenoxy) is 1. The lowest BCUT2D eigenvalue weighted by Gasteiger charge is -2.09. The Labute approximate surface area is 118 Å². The Morgan fingerprint density at radius 1 is 1.28 bits per heavy atom. The second-order valence-corrected chi connectivity index (χ2v) is 5.77. The lowest BCUT2D eigenvalue weighted by molar-refractivity contribution is 0.353. The van der Waals surface area contributed by atoms with Crippen LogP contribution in [0.1, 0.15) is 37.3 Å². The molecule has 0 bridgehead atoms. The Balaban J connectivity index is 1.82. The number of rotatable bonds is 7. The van der Waals surface area contributed by atoms with Gasteiger partial charge < -0.3 is 10.1 Å². The van der Waals surface area contributed by atoms with Gasteiger partial charge in [-0.1, -0.05) is 22.9 Å². The van der Waals surface area contributed by atoms with E-state index >= 15 is 0 Å². The van der Waals surface area contributed by atoms with E-state index in [1.165, 1.54) is 34.9 Å². The first-order valence-electron chi connectivity index (χ1n) is 6.96. The molecular formula is C15H22BrNO. The summed E-state index contributed by atoms with van der Waals surface area (Å²) in [5.41, 5.74) is 2.73. The van der Waals surface area contributed by atoms with Crippen LogP contribution in [-0.4, -0.2) is 19.7 Å². The van der Waals surface area contributed by atoms with Crippen LogP contribution >= 0.6 is 15.9 Å². The smallest absolute Gasteiger partial charge is 0.125 e. The maximum absolute atomic E-state index is 5.74. The van der Waals surface area contributed by atoms with E-state index in [1.807, 2.05) is 0 Å². The van der Waals surface area contributed by atoms with Crippen molar-refractivity contribution in [3.8, 4) is 5.75 Å². The lowest BCUT2D eigenvalue weighted by atomic mass is 10.0. The Hall–Kier alpha value is -0.540. The molecule has 0 atom stereocenters. The Bertz CT molecular complexity index is 392. The SMILES string of the molecule is CCCNCCCCc1cc(Br)cc2c1OCC2. The van der Waals surface area contributed by atoms with Crippen LogP contribution in [-0.2, 0) is 12.8 Å². The number of benzene rings is 1. The third kappa shape index (κ3) is 3.72. The minimum Gasteiger partial charge on any atom is -0.493 e. The van der Waals surface area contributed by atoms with Crippen LogP contribution in [0.3, 0.4) is 0 Å². The predicted molar refractivity (Wildman–Crippen MR) is 79.4 cm³/mol. The molecule has 18 heavy (non-hydrogen) atoms. The quantitative estimate of drug-likeness (QED) is 0.775. The van der Waals surface area contributed by atoms with Gasteiger partial charge in [-0.05, 0) is 62.0 Å². The highest BCUT2D eigenvalue weighted by Gasteiger charge is 2.16. The largest absolute Gasteiger partial charge is 0.493 e. The van der Waals surface area contributed by atoms with E-state index in [0.29, 0.717) is 0 Å². The van der Waals surface area contributed by atoms with Crippen LogP contribution in [0.4, 0.5) is 0 Å². The fourth-order valence-electron chi connectivity index (χ4n) is 2.40. The fraction of sp³-hybridized carbons (Fsp3) is 0.600. The molecule has 0 fully saturated rings. The molecule has 3 heteroatoms. The molecule has 0 saturated heterocycles. The van der Waals surface area contributed by atoms with Crippen molar-refractivity contribution in [2.24, 2.45) is 0 Å². The minimum absolute atomic E-state index is 0.844. The summed E-state index contributed by atoms with van der Waals surface area (Å²) in [6.45, 7) is 5.31. The van der Waals surface area contributed by atoms with Crippen molar-refractivity contribution in [3.63, 3.8) is 0 Å². The molecule has 2 nitrogen and oxygen atoms in total. The van der Waals surface area contributed by atoms with Crippen molar-refractivity contribution in [3.05, 3.63) is 27.7 Å². The molecule has 1 aromatic carbocycles. The first-order valence-corrected chi connectivity index (χ1v) is 7.75. The summed E-state index contributed by atoms with van der Waals surface area (Å²) in [7, 11) is 0. The van der Waals surface area contributed by atoms with E-state index < -0.39 is 0 Å². The molecular weight excluding hydrogens is 290 g/mol. The van der Waals surface area contributed by atoms with E-state index in [4.69, 9.17) is 4.74 Å². The standard InChI is InChI=1S/C15H22BrNO/c1-2-7-17-8-4-3-5-12-10-14(16)11-13-6-9-18-15(12)13/h10-11,17H,2-9H2,1H3. The highest BCUT2D eigenvalue weighted by atomic mass is 79.9. The predicted octanol–water partition coefficient (Wildman–Crippen LogP) is 3.71. The van der Waals surface area contributed by atoms with Crippen molar-refractivity contribution < 1.29 is 4.74 Å². The van der Waals surface area contributed by atoms with Crippen molar-refractivity contribution in [2.75, 3.05) is 19.7 Å². The molecule has 1 heterocycles. The molecule has 0 unspecified atom stereocenters. The molecule has 1 aromatic rings. The van der Waals surface area contributed by atoms with Gasteiger partial charge in [0.1, 0.15) is 5.75 Å². The van der Waals surface area contributed by atoms with Gasteiger partial charge in [0.25, 0.3) is 0 Å². The molecule has 100 valence electrons. The van der Waals surface area contributed by atoms with Crippen molar-refractivity contribution in [2.45, 2.75) is 39.0 Å². The molecule has 0 aliphatic carbocycles. The van der Waals surface area contributed by atoms with E-state index in [0.717, 1.165) is 38.3 Å². The van der Waals surface area contributed by atoms with Gasteiger partial charge in [0.05, 0.1) is 6.61 Å². The third-order valence-corrected chi connectivity index (χ3v) is 3.76. The summed E-state index contributed by atoms with van der Waals surface area (Å²) in [6.07, 6.45) is 5.85. The van der Waals surface area contributed by atoms with Crippen molar-refractivity contribution in [1.29, 1.82) is 0 Å².